The van der Waals surface area contributed by atoms with Crippen LogP contribution in [0.25, 0.3) is 11.0 Å². The van der Waals surface area contributed by atoms with E-state index < -0.39 is 0 Å². The zero-order valence-corrected chi connectivity index (χ0v) is 23.5. The lowest BCUT2D eigenvalue weighted by Gasteiger charge is -2.11. The number of amides is 1. The van der Waals surface area contributed by atoms with Crippen molar-refractivity contribution in [3.63, 3.8) is 0 Å². The van der Waals surface area contributed by atoms with Crippen molar-refractivity contribution in [1.29, 1.82) is 0 Å². The lowest BCUT2D eigenvalue weighted by molar-refractivity contribution is 0.101. The number of imidazole rings is 1. The van der Waals surface area contributed by atoms with Crippen LogP contribution >= 0.6 is 15.9 Å². The number of halogens is 1. The second-order valence-electron chi connectivity index (χ2n) is 9.24. The zero-order valence-electron chi connectivity index (χ0n) is 21.9. The van der Waals surface area contributed by atoms with Crippen molar-refractivity contribution in [3.8, 4) is 0 Å². The molecule has 0 atom stereocenters. The Morgan fingerprint density at radius 2 is 1.89 bits per heavy atom. The molecule has 0 saturated heterocycles. The highest BCUT2D eigenvalue weighted by atomic mass is 79.9. The number of para-hydroxylation sites is 1. The molecule has 0 aliphatic carbocycles. The third-order valence-electron chi connectivity index (χ3n) is 6.52. The first-order chi connectivity index (χ1) is 17.9. The van der Waals surface area contributed by atoms with Crippen molar-refractivity contribution < 1.29 is 9.59 Å². The number of rotatable bonds is 12. The smallest absolute Gasteiger partial charge is 0.276 e. The highest BCUT2D eigenvalue weighted by molar-refractivity contribution is 9.10. The molecular formula is C27H34BrN7O2. The summed E-state index contributed by atoms with van der Waals surface area (Å²) in [6.07, 6.45) is 5.29. The number of aryl methyl sites for hydroxylation is 5. The Kier molecular flexibility index (Phi) is 8.58. The number of fused-ring (bicyclic) bond motifs is 1. The second kappa shape index (κ2) is 11.9. The molecule has 0 spiro atoms. The number of carbonyl (C=O) groups is 2. The van der Waals surface area contributed by atoms with Crippen LogP contribution in [0.4, 0.5) is 5.95 Å². The van der Waals surface area contributed by atoms with E-state index in [1.165, 1.54) is 0 Å². The predicted molar refractivity (Wildman–Crippen MR) is 148 cm³/mol. The molecule has 1 amide bonds. The van der Waals surface area contributed by atoms with Crippen LogP contribution in [0, 0.1) is 13.8 Å². The molecule has 196 valence electrons. The number of unbranched alkanes of at least 4 members (excludes halogenated alkanes) is 2. The molecule has 3 aromatic heterocycles. The maximum absolute atomic E-state index is 13.6. The maximum Gasteiger partial charge on any atom is 0.276 e. The first kappa shape index (κ1) is 26.8. The number of anilines is 1. The first-order valence-corrected chi connectivity index (χ1v) is 13.7. The van der Waals surface area contributed by atoms with Gasteiger partial charge in [-0.15, -0.1) is 0 Å². The molecule has 0 fully saturated rings. The molecule has 10 heteroatoms. The van der Waals surface area contributed by atoms with E-state index in [2.05, 4.69) is 42.9 Å². The Morgan fingerprint density at radius 1 is 1.08 bits per heavy atom. The molecule has 0 aliphatic rings. The SMILES string of the molecule is CCCn1c(NC(=O)c2c(CCCCCn3nc(C)cc3C=O)c(C)nn2CC)nc2c(Br)cccc21. The minimum atomic E-state index is -0.191. The summed E-state index contributed by atoms with van der Waals surface area (Å²) in [6, 6.07) is 7.76. The Hall–Kier alpha value is -3.27. The van der Waals surface area contributed by atoms with Gasteiger partial charge in [-0.3, -0.25) is 24.3 Å². The highest BCUT2D eigenvalue weighted by Crippen LogP contribution is 2.28. The minimum Gasteiger partial charge on any atom is -0.310 e. The van der Waals surface area contributed by atoms with Gasteiger partial charge in [-0.1, -0.05) is 19.4 Å². The number of aromatic nitrogens is 6. The van der Waals surface area contributed by atoms with Crippen molar-refractivity contribution in [2.24, 2.45) is 0 Å². The average molecular weight is 569 g/mol. The first-order valence-electron chi connectivity index (χ1n) is 12.9. The summed E-state index contributed by atoms with van der Waals surface area (Å²) in [5.74, 6) is 0.352. The van der Waals surface area contributed by atoms with Crippen LogP contribution < -0.4 is 5.32 Å². The quantitative estimate of drug-likeness (QED) is 0.174. The highest BCUT2D eigenvalue weighted by Gasteiger charge is 2.23. The second-order valence-corrected chi connectivity index (χ2v) is 10.1. The van der Waals surface area contributed by atoms with Crippen molar-refractivity contribution in [2.45, 2.75) is 79.4 Å². The third kappa shape index (κ3) is 5.69. The number of nitrogens with zero attached hydrogens (tertiary/aromatic N) is 6. The monoisotopic (exact) mass is 567 g/mol. The summed E-state index contributed by atoms with van der Waals surface area (Å²) >= 11 is 3.58. The van der Waals surface area contributed by atoms with Crippen molar-refractivity contribution in [2.75, 3.05) is 5.32 Å². The molecule has 0 radical (unpaired) electrons. The fourth-order valence-corrected chi connectivity index (χ4v) is 5.24. The van der Waals surface area contributed by atoms with Gasteiger partial charge in [-0.2, -0.15) is 10.2 Å². The molecule has 1 aromatic carbocycles. The van der Waals surface area contributed by atoms with Crippen LogP contribution in [-0.4, -0.2) is 41.3 Å². The lowest BCUT2D eigenvalue weighted by Crippen LogP contribution is -2.21. The van der Waals surface area contributed by atoms with Gasteiger partial charge >= 0.3 is 0 Å². The standard InChI is InChI=1S/C27H34BrN7O2/c1-5-14-33-23-13-10-12-22(28)24(23)29-27(33)30-26(37)25-21(19(4)32-34(25)6-2)11-8-7-9-15-35-20(17-36)16-18(3)31-35/h10,12-13,16-17H,5-9,11,14-15H2,1-4H3,(H,29,30,37). The van der Waals surface area contributed by atoms with Crippen LogP contribution in [0.3, 0.4) is 0 Å². The molecule has 0 unspecified atom stereocenters. The number of hydrogen-bond acceptors (Lipinski definition) is 5. The van der Waals surface area contributed by atoms with E-state index in [0.717, 1.165) is 77.4 Å². The van der Waals surface area contributed by atoms with Gasteiger partial charge < -0.3 is 4.57 Å². The summed E-state index contributed by atoms with van der Waals surface area (Å²) < 4.78 is 6.51. The van der Waals surface area contributed by atoms with E-state index in [0.29, 0.717) is 30.4 Å². The van der Waals surface area contributed by atoms with Gasteiger partial charge in [0.1, 0.15) is 16.9 Å². The van der Waals surface area contributed by atoms with Crippen LogP contribution in [0.2, 0.25) is 0 Å². The normalized spacial score (nSPS) is 11.4. The largest absolute Gasteiger partial charge is 0.310 e. The molecular weight excluding hydrogens is 534 g/mol. The molecule has 0 saturated carbocycles. The molecule has 4 aromatic rings. The molecule has 9 nitrogen and oxygen atoms in total. The third-order valence-corrected chi connectivity index (χ3v) is 7.16. The number of nitrogens with one attached hydrogen (secondary N) is 1. The summed E-state index contributed by atoms with van der Waals surface area (Å²) in [7, 11) is 0. The molecule has 0 aliphatic heterocycles. The Morgan fingerprint density at radius 3 is 2.62 bits per heavy atom. The van der Waals surface area contributed by atoms with E-state index in [1.54, 1.807) is 15.4 Å². The average Bonchev–Trinajstić information content (AvgIpc) is 3.52. The minimum absolute atomic E-state index is 0.191. The summed E-state index contributed by atoms with van der Waals surface area (Å²) in [5.41, 5.74) is 5.72. The fraction of sp³-hybridized carbons (Fsp3) is 0.444. The summed E-state index contributed by atoms with van der Waals surface area (Å²) in [5, 5.41) is 12.1. The van der Waals surface area contributed by atoms with Crippen molar-refractivity contribution in [1.82, 2.24) is 29.1 Å². The predicted octanol–water partition coefficient (Wildman–Crippen LogP) is 5.72. The topological polar surface area (TPSA) is 99.6 Å². The Labute approximate surface area is 225 Å². The van der Waals surface area contributed by atoms with Gasteiger partial charge in [0.05, 0.1) is 16.9 Å². The molecule has 37 heavy (non-hydrogen) atoms. The van der Waals surface area contributed by atoms with E-state index in [1.807, 2.05) is 39.0 Å². The van der Waals surface area contributed by atoms with E-state index >= 15 is 0 Å². The maximum atomic E-state index is 13.6. The van der Waals surface area contributed by atoms with Crippen molar-refractivity contribution in [3.05, 3.63) is 57.1 Å². The Bertz CT molecular complexity index is 1420. The number of carbonyl (C=O) groups excluding carboxylic acids is 2. The fourth-order valence-electron chi connectivity index (χ4n) is 4.80. The molecule has 4 rings (SSSR count). The van der Waals surface area contributed by atoms with E-state index in [-0.39, 0.29) is 5.91 Å². The van der Waals surface area contributed by atoms with Gasteiger partial charge in [0.2, 0.25) is 5.95 Å². The molecule has 1 N–H and O–H groups in total. The van der Waals surface area contributed by atoms with Gasteiger partial charge in [0.25, 0.3) is 5.91 Å². The van der Waals surface area contributed by atoms with E-state index in [4.69, 9.17) is 4.98 Å². The summed E-state index contributed by atoms with van der Waals surface area (Å²) in [6.45, 7) is 10.0. The van der Waals surface area contributed by atoms with Gasteiger partial charge in [-0.05, 0) is 80.6 Å². The Balaban J connectivity index is 1.49. The molecule has 3 heterocycles. The van der Waals surface area contributed by atoms with E-state index in [9.17, 15) is 9.59 Å². The molecule has 0 bridgehead atoms. The van der Waals surface area contributed by atoms with Gasteiger partial charge in [0.15, 0.2) is 6.29 Å². The van der Waals surface area contributed by atoms with Crippen LogP contribution in [-0.2, 0) is 26.1 Å². The van der Waals surface area contributed by atoms with Crippen molar-refractivity contribution >= 4 is 45.1 Å². The van der Waals surface area contributed by atoms with Gasteiger partial charge in [-0.25, -0.2) is 4.98 Å². The zero-order chi connectivity index (χ0) is 26.5. The number of hydrogen-bond donors (Lipinski definition) is 1. The summed E-state index contributed by atoms with van der Waals surface area (Å²) in [4.78, 5) is 29.6. The van der Waals surface area contributed by atoms with Crippen LogP contribution in [0.5, 0.6) is 0 Å². The lowest BCUT2D eigenvalue weighted by atomic mass is 10.0. The van der Waals surface area contributed by atoms with Gasteiger partial charge in [0, 0.05) is 29.7 Å². The number of aldehydes is 1. The van der Waals surface area contributed by atoms with Crippen LogP contribution in [0.15, 0.2) is 28.7 Å². The number of benzene rings is 1. The van der Waals surface area contributed by atoms with Crippen LogP contribution in [0.1, 0.15) is 77.5 Å².